The van der Waals surface area contributed by atoms with Crippen LogP contribution in [-0.4, -0.2) is 113 Å². The highest BCUT2D eigenvalue weighted by molar-refractivity contribution is 5.90. The number of aliphatic hydroxyl groups excluding tert-OH is 6. The molecular weight excluding hydrogens is 564 g/mol. The lowest BCUT2D eigenvalue weighted by molar-refractivity contribution is -0.338. The lowest BCUT2D eigenvalue weighted by Gasteiger charge is -2.46. The van der Waals surface area contributed by atoms with Crippen LogP contribution >= 0.6 is 0 Å². The summed E-state index contributed by atoms with van der Waals surface area (Å²) in [5, 5.41) is 104. The molecule has 42 heavy (non-hydrogen) atoms. The Bertz CT molecular complexity index is 1520. The van der Waals surface area contributed by atoms with Gasteiger partial charge in [0.25, 0.3) is 0 Å². The van der Waals surface area contributed by atoms with Gasteiger partial charge in [-0.15, -0.1) is 0 Å². The molecule has 15 nitrogen and oxygen atoms in total. The maximum absolute atomic E-state index is 13.5. The second-order valence-corrected chi connectivity index (χ2v) is 10.3. The van der Waals surface area contributed by atoms with Crippen LogP contribution in [0.25, 0.3) is 22.1 Å². The minimum Gasteiger partial charge on any atom is -0.508 e. The number of fused-ring (bicyclic) bond motifs is 1. The molecule has 2 saturated heterocycles. The number of phenolic OH excluding ortho intramolecular Hbond substituents is 4. The van der Waals surface area contributed by atoms with Crippen LogP contribution in [0.4, 0.5) is 0 Å². The summed E-state index contributed by atoms with van der Waals surface area (Å²) in [5.41, 5.74) is -1.97. The van der Waals surface area contributed by atoms with E-state index in [1.807, 2.05) is 0 Å². The first kappa shape index (κ1) is 30.0. The number of hydrogen-bond donors (Lipinski definition) is 10. The Morgan fingerprint density at radius 1 is 0.833 bits per heavy atom. The molecule has 0 aliphatic carbocycles. The van der Waals surface area contributed by atoms with E-state index in [9.17, 15) is 55.9 Å². The number of rotatable bonds is 5. The zero-order chi connectivity index (χ0) is 30.6. The Hall–Kier alpha value is -3.51. The molecule has 0 spiro atoms. The van der Waals surface area contributed by atoms with Crippen LogP contribution < -0.4 is 5.43 Å². The van der Waals surface area contributed by atoms with E-state index in [1.165, 1.54) is 19.1 Å². The molecule has 2 aromatic carbocycles. The quantitative estimate of drug-likeness (QED) is 0.164. The van der Waals surface area contributed by atoms with Crippen molar-refractivity contribution in [2.75, 3.05) is 6.61 Å². The Labute approximate surface area is 236 Å². The molecule has 2 aliphatic rings. The third-order valence-corrected chi connectivity index (χ3v) is 7.58. The van der Waals surface area contributed by atoms with Gasteiger partial charge in [-0.2, -0.15) is 0 Å². The molecule has 2 aliphatic heterocycles. The van der Waals surface area contributed by atoms with Gasteiger partial charge in [-0.1, -0.05) is 0 Å². The summed E-state index contributed by atoms with van der Waals surface area (Å²) in [6.07, 6.45) is -15.5. The molecule has 5 rings (SSSR count). The maximum Gasteiger partial charge on any atom is 0.204 e. The fraction of sp³-hybridized carbons (Fsp3) is 0.444. The molecule has 2 fully saturated rings. The van der Waals surface area contributed by atoms with Crippen molar-refractivity contribution >= 4 is 11.0 Å². The van der Waals surface area contributed by atoms with Gasteiger partial charge in [-0.25, -0.2) is 0 Å². The number of hydrogen-bond acceptors (Lipinski definition) is 15. The van der Waals surface area contributed by atoms with Gasteiger partial charge < -0.3 is 69.7 Å². The third-order valence-electron chi connectivity index (χ3n) is 7.58. The van der Waals surface area contributed by atoms with Crippen LogP contribution in [0.1, 0.15) is 18.6 Å². The molecule has 228 valence electrons. The maximum atomic E-state index is 13.5. The molecule has 15 heteroatoms. The number of ether oxygens (including phenoxy) is 3. The molecule has 0 saturated carbocycles. The van der Waals surface area contributed by atoms with Crippen molar-refractivity contribution in [2.24, 2.45) is 0 Å². The summed E-state index contributed by atoms with van der Waals surface area (Å²) >= 11 is 0. The number of benzene rings is 2. The Kier molecular flexibility index (Phi) is 8.06. The standard InChI is InChI=1S/C27H30O15/c1-8-18(32)22(36)24(38)27(40-8)42-26-23(37)20(34)15(6-28)41-25(26)16-13(31)5-14-17(21(16)35)19(33)11(7-39-14)10-3-2-9(29)4-12(10)30/h2-5,7-8,15,18,20,22-32,34-38H,6H2,1H3/t8-,15-,18+,20-,22-,23+,24-,25+,26-,27-/m1/s1. The largest absolute Gasteiger partial charge is 0.508 e. The van der Waals surface area contributed by atoms with Gasteiger partial charge in [-0.05, 0) is 19.1 Å². The molecule has 0 unspecified atom stereocenters. The van der Waals surface area contributed by atoms with E-state index in [0.29, 0.717) is 0 Å². The molecular formula is C27H30O15. The van der Waals surface area contributed by atoms with Gasteiger partial charge in [0.1, 0.15) is 89.1 Å². The second kappa shape index (κ2) is 11.3. The average Bonchev–Trinajstić information content (AvgIpc) is 2.94. The van der Waals surface area contributed by atoms with Gasteiger partial charge in [0.2, 0.25) is 5.43 Å². The van der Waals surface area contributed by atoms with Crippen LogP contribution in [0.3, 0.4) is 0 Å². The first-order valence-electron chi connectivity index (χ1n) is 12.9. The van der Waals surface area contributed by atoms with Crippen molar-refractivity contribution in [2.45, 2.75) is 68.1 Å². The van der Waals surface area contributed by atoms with Crippen molar-refractivity contribution in [3.05, 3.63) is 46.3 Å². The minimum atomic E-state index is -1.90. The zero-order valence-corrected chi connectivity index (χ0v) is 21.9. The summed E-state index contributed by atoms with van der Waals surface area (Å²) in [7, 11) is 0. The molecule has 0 bridgehead atoms. The van der Waals surface area contributed by atoms with Crippen LogP contribution in [0.5, 0.6) is 23.0 Å². The Morgan fingerprint density at radius 2 is 1.55 bits per heavy atom. The van der Waals surface area contributed by atoms with E-state index in [4.69, 9.17) is 18.6 Å². The molecule has 0 amide bonds. The van der Waals surface area contributed by atoms with Crippen LogP contribution in [0, 0.1) is 0 Å². The van der Waals surface area contributed by atoms with Crippen molar-refractivity contribution in [3.8, 4) is 34.1 Å². The molecule has 3 heterocycles. The topological polar surface area (TPSA) is 260 Å². The van der Waals surface area contributed by atoms with Crippen molar-refractivity contribution in [1.29, 1.82) is 0 Å². The number of phenols is 4. The predicted molar refractivity (Wildman–Crippen MR) is 139 cm³/mol. The van der Waals surface area contributed by atoms with Gasteiger partial charge >= 0.3 is 0 Å². The third kappa shape index (κ3) is 4.94. The van der Waals surface area contributed by atoms with E-state index >= 15 is 0 Å². The first-order chi connectivity index (χ1) is 19.8. The van der Waals surface area contributed by atoms with Gasteiger partial charge in [0.05, 0.1) is 23.8 Å². The van der Waals surface area contributed by atoms with Gasteiger partial charge in [0, 0.05) is 17.7 Å². The summed E-state index contributed by atoms with van der Waals surface area (Å²) in [6, 6.07) is 4.39. The highest BCUT2D eigenvalue weighted by Gasteiger charge is 2.51. The monoisotopic (exact) mass is 594 g/mol. The highest BCUT2D eigenvalue weighted by atomic mass is 16.7. The van der Waals surface area contributed by atoms with Crippen molar-refractivity contribution < 1.29 is 69.7 Å². The van der Waals surface area contributed by atoms with E-state index < -0.39 is 101 Å². The Balaban J connectivity index is 1.63. The number of aliphatic hydroxyl groups is 6. The van der Waals surface area contributed by atoms with E-state index in [2.05, 4.69) is 0 Å². The van der Waals surface area contributed by atoms with Crippen LogP contribution in [-0.2, 0) is 14.2 Å². The zero-order valence-electron chi connectivity index (χ0n) is 21.9. The van der Waals surface area contributed by atoms with Crippen LogP contribution in [0.2, 0.25) is 0 Å². The SMILES string of the molecule is C[C@H]1O[C@H](O[C@@H]2[C@@H](O)[C@H](O)[C@@H](CO)O[C@H]2c2c(O)cc3occ(-c4ccc(O)cc4O)c(=O)c3c2O)[C@H](O)[C@H](O)[C@H]1O. The minimum absolute atomic E-state index is 0.0511. The smallest absolute Gasteiger partial charge is 0.204 e. The predicted octanol–water partition coefficient (Wildman–Crippen LogP) is -1.35. The van der Waals surface area contributed by atoms with Crippen molar-refractivity contribution in [3.63, 3.8) is 0 Å². The molecule has 0 radical (unpaired) electrons. The first-order valence-corrected chi connectivity index (χ1v) is 12.9. The lowest BCUT2D eigenvalue weighted by Crippen LogP contribution is -2.61. The fourth-order valence-electron chi connectivity index (χ4n) is 5.24. The van der Waals surface area contributed by atoms with Crippen LogP contribution in [0.15, 0.2) is 39.7 Å². The lowest BCUT2D eigenvalue weighted by atomic mass is 9.89. The van der Waals surface area contributed by atoms with E-state index in [1.54, 1.807) is 0 Å². The van der Waals surface area contributed by atoms with Crippen molar-refractivity contribution in [1.82, 2.24) is 0 Å². The molecule has 3 aromatic rings. The second-order valence-electron chi connectivity index (χ2n) is 10.3. The fourth-order valence-corrected chi connectivity index (χ4v) is 5.24. The Morgan fingerprint density at radius 3 is 2.21 bits per heavy atom. The van der Waals surface area contributed by atoms with E-state index in [0.717, 1.165) is 18.4 Å². The average molecular weight is 595 g/mol. The summed E-state index contributed by atoms with van der Waals surface area (Å²) in [5.74, 6) is -2.36. The molecule has 10 N–H and O–H groups in total. The normalized spacial score (nSPS) is 33.6. The number of aromatic hydroxyl groups is 4. The van der Waals surface area contributed by atoms with Gasteiger partial charge in [0.15, 0.2) is 6.29 Å². The summed E-state index contributed by atoms with van der Waals surface area (Å²) in [4.78, 5) is 13.5. The summed E-state index contributed by atoms with van der Waals surface area (Å²) in [6.45, 7) is 0.551. The summed E-state index contributed by atoms with van der Waals surface area (Å²) < 4.78 is 22.3. The van der Waals surface area contributed by atoms with Gasteiger partial charge in [-0.3, -0.25) is 4.79 Å². The van der Waals surface area contributed by atoms with E-state index in [-0.39, 0.29) is 22.5 Å². The molecule has 1 aromatic heterocycles. The molecule has 10 atom stereocenters. The highest BCUT2D eigenvalue weighted by Crippen LogP contribution is 2.46.